The molecule has 1 fully saturated rings. The predicted molar refractivity (Wildman–Crippen MR) is 178 cm³/mol. The summed E-state index contributed by atoms with van der Waals surface area (Å²) in [5.74, 6) is -0.544. The van der Waals surface area contributed by atoms with Crippen molar-refractivity contribution in [2.45, 2.75) is 59.1 Å². The van der Waals surface area contributed by atoms with Gasteiger partial charge < -0.3 is 29.5 Å². The Bertz CT molecular complexity index is 1520. The summed E-state index contributed by atoms with van der Waals surface area (Å²) in [7, 11) is 0. The van der Waals surface area contributed by atoms with Gasteiger partial charge in [0.15, 0.2) is 5.82 Å². The van der Waals surface area contributed by atoms with Gasteiger partial charge in [-0.1, -0.05) is 48.5 Å². The number of carbonyl (C=O) groups is 4. The molecule has 1 aliphatic heterocycles. The van der Waals surface area contributed by atoms with Crippen LogP contribution in [-0.4, -0.2) is 94.6 Å². The van der Waals surface area contributed by atoms with Crippen molar-refractivity contribution in [1.29, 1.82) is 0 Å². The van der Waals surface area contributed by atoms with E-state index in [2.05, 4.69) is 10.3 Å². The molecule has 0 unspecified atom stereocenters. The third-order valence-corrected chi connectivity index (χ3v) is 7.42. The highest BCUT2D eigenvalue weighted by molar-refractivity contribution is 5.97. The zero-order valence-electron chi connectivity index (χ0n) is 27.8. The molecule has 0 radical (unpaired) electrons. The van der Waals surface area contributed by atoms with Crippen molar-refractivity contribution in [1.82, 2.24) is 25.1 Å². The van der Waals surface area contributed by atoms with E-state index in [0.29, 0.717) is 31.3 Å². The van der Waals surface area contributed by atoms with E-state index in [0.717, 1.165) is 11.3 Å². The predicted octanol–water partition coefficient (Wildman–Crippen LogP) is 4.82. The lowest BCUT2D eigenvalue weighted by Crippen LogP contribution is -2.56. The van der Waals surface area contributed by atoms with Crippen molar-refractivity contribution in [3.05, 3.63) is 72.4 Å². The number of amides is 3. The van der Waals surface area contributed by atoms with Crippen LogP contribution in [0.2, 0.25) is 0 Å². The molecule has 1 saturated heterocycles. The minimum atomic E-state index is -1.04. The van der Waals surface area contributed by atoms with Crippen molar-refractivity contribution in [2.24, 2.45) is 0 Å². The summed E-state index contributed by atoms with van der Waals surface area (Å²) >= 11 is 0. The molecule has 1 aliphatic rings. The Balaban J connectivity index is 1.62. The van der Waals surface area contributed by atoms with Crippen molar-refractivity contribution >= 4 is 35.4 Å². The van der Waals surface area contributed by atoms with Crippen LogP contribution < -0.4 is 10.2 Å². The summed E-state index contributed by atoms with van der Waals surface area (Å²) in [6, 6.07) is 19.6. The lowest BCUT2D eigenvalue weighted by Gasteiger charge is -2.36. The van der Waals surface area contributed by atoms with E-state index < -0.39 is 29.6 Å². The maximum absolute atomic E-state index is 13.9. The lowest BCUT2D eigenvalue weighted by molar-refractivity contribution is -0.155. The van der Waals surface area contributed by atoms with E-state index >= 15 is 0 Å². The number of para-hydroxylation sites is 1. The van der Waals surface area contributed by atoms with Gasteiger partial charge in [-0.2, -0.15) is 0 Å². The first-order valence-corrected chi connectivity index (χ1v) is 16.0. The number of aromatic nitrogens is 2. The van der Waals surface area contributed by atoms with Crippen molar-refractivity contribution in [2.75, 3.05) is 44.2 Å². The second-order valence-electron chi connectivity index (χ2n) is 12.0. The van der Waals surface area contributed by atoms with E-state index in [1.807, 2.05) is 72.5 Å². The van der Waals surface area contributed by atoms with Gasteiger partial charge in [0.2, 0.25) is 5.91 Å². The molecule has 1 atom stereocenters. The van der Waals surface area contributed by atoms with E-state index in [1.54, 1.807) is 43.6 Å². The molecular formula is C35H44N6O6. The van der Waals surface area contributed by atoms with Crippen LogP contribution in [0.4, 0.5) is 16.3 Å². The van der Waals surface area contributed by atoms with E-state index in [9.17, 15) is 19.2 Å². The van der Waals surface area contributed by atoms with Crippen LogP contribution in [0.15, 0.2) is 66.7 Å². The van der Waals surface area contributed by atoms with E-state index in [-0.39, 0.29) is 44.1 Å². The Labute approximate surface area is 276 Å². The SMILES string of the molecule is CCOC(=O)N1CCN(C(=O)[C@H](CCC(=O)OC(C)(C)C)NC(=O)c2cc(N(CC)c3ccccc3)nc(-c3ccccc3)n2)CC1. The molecule has 0 bridgehead atoms. The van der Waals surface area contributed by atoms with E-state index in [1.165, 1.54) is 0 Å². The summed E-state index contributed by atoms with van der Waals surface area (Å²) in [5.41, 5.74) is 1.000. The van der Waals surface area contributed by atoms with Crippen LogP contribution in [0.5, 0.6) is 0 Å². The Morgan fingerprint density at radius 3 is 2.11 bits per heavy atom. The van der Waals surface area contributed by atoms with Gasteiger partial charge in [0.05, 0.1) is 6.61 Å². The number of esters is 1. The zero-order valence-corrected chi connectivity index (χ0v) is 27.8. The summed E-state index contributed by atoms with van der Waals surface area (Å²) < 4.78 is 10.6. The maximum Gasteiger partial charge on any atom is 0.409 e. The quantitative estimate of drug-likeness (QED) is 0.292. The molecule has 12 heteroatoms. The van der Waals surface area contributed by atoms with Gasteiger partial charge in [-0.3, -0.25) is 14.4 Å². The van der Waals surface area contributed by atoms with Crippen LogP contribution in [0.25, 0.3) is 11.4 Å². The van der Waals surface area contributed by atoms with Gasteiger partial charge in [0, 0.05) is 56.5 Å². The number of hydrogen-bond acceptors (Lipinski definition) is 9. The van der Waals surface area contributed by atoms with Crippen LogP contribution in [0.1, 0.15) is 57.9 Å². The third-order valence-electron chi connectivity index (χ3n) is 7.42. The summed E-state index contributed by atoms with van der Waals surface area (Å²) in [4.78, 5) is 67.1. The second kappa shape index (κ2) is 16.0. The molecule has 0 spiro atoms. The van der Waals surface area contributed by atoms with E-state index in [4.69, 9.17) is 14.5 Å². The Kier molecular flexibility index (Phi) is 11.9. The number of rotatable bonds is 11. The first kappa shape index (κ1) is 34.9. The second-order valence-corrected chi connectivity index (χ2v) is 12.0. The molecule has 3 aromatic rings. The molecule has 1 N–H and O–H groups in total. The van der Waals surface area contributed by atoms with Crippen molar-refractivity contribution in [3.8, 4) is 11.4 Å². The molecule has 47 heavy (non-hydrogen) atoms. The van der Waals surface area contributed by atoms with Crippen LogP contribution in [0.3, 0.4) is 0 Å². The Morgan fingerprint density at radius 2 is 1.51 bits per heavy atom. The maximum atomic E-state index is 13.9. The van der Waals surface area contributed by atoms with Gasteiger partial charge >= 0.3 is 12.1 Å². The molecule has 12 nitrogen and oxygen atoms in total. The summed E-state index contributed by atoms with van der Waals surface area (Å²) in [6.07, 6.45) is -0.495. The third kappa shape index (κ3) is 9.74. The minimum Gasteiger partial charge on any atom is -0.460 e. The smallest absolute Gasteiger partial charge is 0.409 e. The summed E-state index contributed by atoms with van der Waals surface area (Å²) in [6.45, 7) is 11.0. The monoisotopic (exact) mass is 644 g/mol. The highest BCUT2D eigenvalue weighted by Gasteiger charge is 2.32. The standard InChI is InChI=1S/C35H44N6O6/c1-6-41(26-16-12-9-13-17-26)29-24-28(36-31(38-29)25-14-10-8-11-15-25)32(43)37-27(18-19-30(42)47-35(3,4)5)33(44)39-20-22-40(23-21-39)34(45)46-7-2/h8-17,24,27H,6-7,18-23H2,1-5H3,(H,37,43)/t27-/m0/s1. The molecule has 0 saturated carbocycles. The number of piperazine rings is 1. The largest absolute Gasteiger partial charge is 0.460 e. The number of carbonyl (C=O) groups excluding carboxylic acids is 4. The fourth-order valence-electron chi connectivity index (χ4n) is 5.18. The minimum absolute atomic E-state index is 0.0200. The Morgan fingerprint density at radius 1 is 0.894 bits per heavy atom. The first-order chi connectivity index (χ1) is 22.5. The topological polar surface area (TPSA) is 134 Å². The van der Waals surface area contributed by atoms with Crippen LogP contribution in [-0.2, 0) is 19.1 Å². The number of ether oxygens (including phenoxy) is 2. The molecule has 4 rings (SSSR count). The number of hydrogen-bond donors (Lipinski definition) is 1. The molecule has 2 heterocycles. The molecular weight excluding hydrogens is 600 g/mol. The number of nitrogens with zero attached hydrogens (tertiary/aromatic N) is 5. The summed E-state index contributed by atoms with van der Waals surface area (Å²) in [5, 5.41) is 2.85. The molecule has 2 aromatic carbocycles. The zero-order chi connectivity index (χ0) is 34.0. The van der Waals surface area contributed by atoms with Crippen LogP contribution in [0, 0.1) is 0 Å². The van der Waals surface area contributed by atoms with Gasteiger partial charge in [0.25, 0.3) is 5.91 Å². The normalized spacial score (nSPS) is 13.8. The van der Waals surface area contributed by atoms with Crippen LogP contribution >= 0.6 is 0 Å². The van der Waals surface area contributed by atoms with Gasteiger partial charge in [-0.25, -0.2) is 14.8 Å². The first-order valence-electron chi connectivity index (χ1n) is 16.0. The fourth-order valence-corrected chi connectivity index (χ4v) is 5.18. The highest BCUT2D eigenvalue weighted by atomic mass is 16.6. The average molecular weight is 645 g/mol. The van der Waals surface area contributed by atoms with Crippen molar-refractivity contribution < 1.29 is 28.7 Å². The molecule has 1 aromatic heterocycles. The molecule has 0 aliphatic carbocycles. The lowest BCUT2D eigenvalue weighted by atomic mass is 10.1. The molecule has 3 amide bonds. The fraction of sp³-hybridized carbons (Fsp3) is 0.429. The number of anilines is 2. The molecule has 250 valence electrons. The van der Waals surface area contributed by atoms with Gasteiger partial charge in [-0.15, -0.1) is 0 Å². The van der Waals surface area contributed by atoms with Crippen molar-refractivity contribution in [3.63, 3.8) is 0 Å². The average Bonchev–Trinajstić information content (AvgIpc) is 3.06. The Hall–Kier alpha value is -5.00. The van der Waals surface area contributed by atoms with Gasteiger partial charge in [-0.05, 0) is 53.2 Å². The number of nitrogens with one attached hydrogen (secondary N) is 1. The number of benzene rings is 2. The van der Waals surface area contributed by atoms with Gasteiger partial charge in [0.1, 0.15) is 23.2 Å². The highest BCUT2D eigenvalue weighted by Crippen LogP contribution is 2.26.